The van der Waals surface area contributed by atoms with Crippen LogP contribution in [0, 0.1) is 0 Å². The lowest BCUT2D eigenvalue weighted by Gasteiger charge is -2.15. The third kappa shape index (κ3) is 3.96. The molecule has 1 N–H and O–H groups in total. The maximum atomic E-state index is 5.14. The van der Waals surface area contributed by atoms with Crippen molar-refractivity contribution < 1.29 is 4.74 Å². The van der Waals surface area contributed by atoms with Gasteiger partial charge in [-0.25, -0.2) is 4.98 Å². The summed E-state index contributed by atoms with van der Waals surface area (Å²) in [7, 11) is 5.77. The molecule has 0 saturated heterocycles. The fourth-order valence-electron chi connectivity index (χ4n) is 2.03. The first-order chi connectivity index (χ1) is 9.69. The third-order valence-electron chi connectivity index (χ3n) is 2.95. The van der Waals surface area contributed by atoms with Gasteiger partial charge in [0.15, 0.2) is 0 Å². The lowest BCUT2D eigenvalue weighted by molar-refractivity contribution is 0.396. The summed E-state index contributed by atoms with van der Waals surface area (Å²) in [5, 5.41) is 3.44. The molecule has 0 unspecified atom stereocenters. The normalized spacial score (nSPS) is 10.6. The summed E-state index contributed by atoms with van der Waals surface area (Å²) in [6.07, 6.45) is 0. The standard InChI is InChI=1S/C16H21N3O/c1-19(2)12-13-7-4-5-9-15(13)17-11-14-8-6-10-16(18-14)20-3/h4-10,17H,11-12H2,1-3H3. The fraction of sp³-hybridized carbons (Fsp3) is 0.312. The molecule has 0 atom stereocenters. The van der Waals surface area contributed by atoms with Crippen molar-refractivity contribution in [1.82, 2.24) is 9.88 Å². The second-order valence-corrected chi connectivity index (χ2v) is 4.92. The van der Waals surface area contributed by atoms with Gasteiger partial charge in [0.25, 0.3) is 0 Å². The van der Waals surface area contributed by atoms with Gasteiger partial charge in [0.05, 0.1) is 19.3 Å². The van der Waals surface area contributed by atoms with Gasteiger partial charge in [-0.2, -0.15) is 0 Å². The Morgan fingerprint density at radius 2 is 1.90 bits per heavy atom. The zero-order valence-electron chi connectivity index (χ0n) is 12.3. The SMILES string of the molecule is COc1cccc(CNc2ccccc2CN(C)C)n1. The number of aromatic nitrogens is 1. The predicted molar refractivity (Wildman–Crippen MR) is 81.9 cm³/mol. The number of pyridine rings is 1. The molecule has 0 spiro atoms. The first kappa shape index (κ1) is 14.3. The highest BCUT2D eigenvalue weighted by Gasteiger charge is 2.03. The van der Waals surface area contributed by atoms with Crippen molar-refractivity contribution in [2.45, 2.75) is 13.1 Å². The molecule has 1 aromatic carbocycles. The van der Waals surface area contributed by atoms with Gasteiger partial charge in [0.2, 0.25) is 5.88 Å². The first-order valence-electron chi connectivity index (χ1n) is 6.65. The Kier molecular flexibility index (Phi) is 4.96. The summed E-state index contributed by atoms with van der Waals surface area (Å²) < 4.78 is 5.14. The van der Waals surface area contributed by atoms with E-state index in [-0.39, 0.29) is 0 Å². The van der Waals surface area contributed by atoms with E-state index >= 15 is 0 Å². The van der Waals surface area contributed by atoms with Crippen LogP contribution in [0.15, 0.2) is 42.5 Å². The van der Waals surface area contributed by atoms with Crippen LogP contribution in [0.5, 0.6) is 5.88 Å². The number of nitrogens with one attached hydrogen (secondary N) is 1. The molecule has 0 amide bonds. The highest BCUT2D eigenvalue weighted by Crippen LogP contribution is 2.17. The van der Waals surface area contributed by atoms with E-state index in [9.17, 15) is 0 Å². The molecule has 0 bridgehead atoms. The van der Waals surface area contributed by atoms with Gasteiger partial charge in [-0.3, -0.25) is 0 Å². The van der Waals surface area contributed by atoms with Crippen LogP contribution in [-0.2, 0) is 13.1 Å². The van der Waals surface area contributed by atoms with E-state index in [1.54, 1.807) is 7.11 Å². The van der Waals surface area contributed by atoms with E-state index in [0.717, 1.165) is 17.9 Å². The Bertz CT molecular complexity index is 555. The quantitative estimate of drug-likeness (QED) is 0.876. The van der Waals surface area contributed by atoms with Gasteiger partial charge in [0.1, 0.15) is 0 Å². The van der Waals surface area contributed by atoms with Crippen molar-refractivity contribution in [3.05, 3.63) is 53.7 Å². The highest BCUT2D eigenvalue weighted by molar-refractivity contribution is 5.51. The van der Waals surface area contributed by atoms with Crippen LogP contribution in [-0.4, -0.2) is 31.1 Å². The number of hydrogen-bond acceptors (Lipinski definition) is 4. The van der Waals surface area contributed by atoms with E-state index < -0.39 is 0 Å². The molecule has 20 heavy (non-hydrogen) atoms. The van der Waals surface area contributed by atoms with Crippen LogP contribution < -0.4 is 10.1 Å². The van der Waals surface area contributed by atoms with Crippen LogP contribution in [0.3, 0.4) is 0 Å². The van der Waals surface area contributed by atoms with Crippen molar-refractivity contribution in [3.8, 4) is 5.88 Å². The third-order valence-corrected chi connectivity index (χ3v) is 2.95. The summed E-state index contributed by atoms with van der Waals surface area (Å²) in [6.45, 7) is 1.59. The summed E-state index contributed by atoms with van der Waals surface area (Å²) in [5.74, 6) is 0.644. The molecule has 0 saturated carbocycles. The van der Waals surface area contributed by atoms with Crippen molar-refractivity contribution in [1.29, 1.82) is 0 Å². The monoisotopic (exact) mass is 271 g/mol. The molecular weight excluding hydrogens is 250 g/mol. The molecule has 106 valence electrons. The smallest absolute Gasteiger partial charge is 0.213 e. The Balaban J connectivity index is 2.06. The van der Waals surface area contributed by atoms with Gasteiger partial charge in [-0.15, -0.1) is 0 Å². The van der Waals surface area contributed by atoms with Crippen molar-refractivity contribution in [2.75, 3.05) is 26.5 Å². The van der Waals surface area contributed by atoms with Gasteiger partial charge in [0, 0.05) is 18.3 Å². The molecule has 2 rings (SSSR count). The van der Waals surface area contributed by atoms with Crippen LogP contribution in [0.4, 0.5) is 5.69 Å². The number of benzene rings is 1. The molecule has 2 aromatic rings. The number of anilines is 1. The average molecular weight is 271 g/mol. The van der Waals surface area contributed by atoms with E-state index in [1.165, 1.54) is 5.56 Å². The van der Waals surface area contributed by atoms with Crippen LogP contribution >= 0.6 is 0 Å². The zero-order chi connectivity index (χ0) is 14.4. The average Bonchev–Trinajstić information content (AvgIpc) is 2.46. The molecule has 0 aliphatic carbocycles. The minimum Gasteiger partial charge on any atom is -0.481 e. The number of rotatable bonds is 6. The molecule has 0 fully saturated rings. The van der Waals surface area contributed by atoms with E-state index in [1.807, 2.05) is 24.3 Å². The first-order valence-corrected chi connectivity index (χ1v) is 6.65. The molecule has 1 aromatic heterocycles. The Labute approximate surface area is 120 Å². The van der Waals surface area contributed by atoms with Gasteiger partial charge < -0.3 is 15.0 Å². The van der Waals surface area contributed by atoms with Crippen LogP contribution in [0.1, 0.15) is 11.3 Å². The maximum absolute atomic E-state index is 5.14. The van der Waals surface area contributed by atoms with E-state index in [4.69, 9.17) is 4.74 Å². The van der Waals surface area contributed by atoms with Crippen molar-refractivity contribution in [3.63, 3.8) is 0 Å². The lowest BCUT2D eigenvalue weighted by Crippen LogP contribution is -2.13. The van der Waals surface area contributed by atoms with E-state index in [0.29, 0.717) is 12.4 Å². The fourth-order valence-corrected chi connectivity index (χ4v) is 2.03. The predicted octanol–water partition coefficient (Wildman–Crippen LogP) is 2.76. The van der Waals surface area contributed by atoms with Gasteiger partial charge in [-0.05, 0) is 31.8 Å². The molecule has 0 aliphatic heterocycles. The molecule has 0 aliphatic rings. The van der Waals surface area contributed by atoms with Crippen LogP contribution in [0.2, 0.25) is 0 Å². The summed E-state index contributed by atoms with van der Waals surface area (Å²) in [5.41, 5.74) is 3.38. The second kappa shape index (κ2) is 6.91. The minimum absolute atomic E-state index is 0.644. The molecular formula is C16H21N3O. The number of ether oxygens (including phenoxy) is 1. The summed E-state index contributed by atoms with van der Waals surface area (Å²) >= 11 is 0. The Hall–Kier alpha value is -2.07. The topological polar surface area (TPSA) is 37.4 Å². The molecule has 0 radical (unpaired) electrons. The molecule has 1 heterocycles. The number of nitrogens with zero attached hydrogens (tertiary/aromatic N) is 2. The Morgan fingerprint density at radius 1 is 1.10 bits per heavy atom. The minimum atomic E-state index is 0.644. The highest BCUT2D eigenvalue weighted by atomic mass is 16.5. The van der Waals surface area contributed by atoms with E-state index in [2.05, 4.69) is 47.5 Å². The van der Waals surface area contributed by atoms with Crippen molar-refractivity contribution in [2.24, 2.45) is 0 Å². The van der Waals surface area contributed by atoms with Crippen LogP contribution in [0.25, 0.3) is 0 Å². The van der Waals surface area contributed by atoms with Gasteiger partial charge >= 0.3 is 0 Å². The largest absolute Gasteiger partial charge is 0.481 e. The molecule has 4 heteroatoms. The maximum Gasteiger partial charge on any atom is 0.213 e. The Morgan fingerprint density at radius 3 is 2.65 bits per heavy atom. The number of methoxy groups -OCH3 is 1. The number of para-hydroxylation sites is 1. The summed E-state index contributed by atoms with van der Waals surface area (Å²) in [4.78, 5) is 6.56. The zero-order valence-corrected chi connectivity index (χ0v) is 12.3. The van der Waals surface area contributed by atoms with Gasteiger partial charge in [-0.1, -0.05) is 24.3 Å². The number of hydrogen-bond donors (Lipinski definition) is 1. The second-order valence-electron chi connectivity index (χ2n) is 4.92. The molecule has 4 nitrogen and oxygen atoms in total. The van der Waals surface area contributed by atoms with Crippen molar-refractivity contribution >= 4 is 5.69 Å². The lowest BCUT2D eigenvalue weighted by atomic mass is 10.1. The summed E-state index contributed by atoms with van der Waals surface area (Å²) in [6, 6.07) is 14.1.